The lowest BCUT2D eigenvalue weighted by Gasteiger charge is -2.43. The van der Waals surface area contributed by atoms with E-state index in [-0.39, 0.29) is 11.7 Å². The molecule has 1 aromatic heterocycles. The summed E-state index contributed by atoms with van der Waals surface area (Å²) < 4.78 is 19.3. The first-order chi connectivity index (χ1) is 13.1. The quantitative estimate of drug-likeness (QED) is 0.829. The van der Waals surface area contributed by atoms with Gasteiger partial charge >= 0.3 is 0 Å². The molecule has 144 valence electrons. The number of carbonyl (C=O) groups is 1. The maximum Gasteiger partial charge on any atom is 0.291 e. The maximum atomic E-state index is 14.0. The number of hydrogen-bond donors (Lipinski definition) is 0. The highest BCUT2D eigenvalue weighted by Crippen LogP contribution is 2.24. The molecule has 0 saturated carbocycles. The van der Waals surface area contributed by atoms with E-state index in [1.807, 2.05) is 17.0 Å². The molecule has 3 heterocycles. The van der Waals surface area contributed by atoms with Crippen molar-refractivity contribution < 1.29 is 13.6 Å². The zero-order chi connectivity index (χ0) is 18.8. The molecule has 27 heavy (non-hydrogen) atoms. The van der Waals surface area contributed by atoms with Crippen molar-refractivity contribution in [3.05, 3.63) is 47.9 Å². The van der Waals surface area contributed by atoms with Gasteiger partial charge in [0.1, 0.15) is 5.82 Å². The normalized spacial score (nSPS) is 21.5. The van der Waals surface area contributed by atoms with Crippen molar-refractivity contribution in [2.24, 2.45) is 0 Å². The number of rotatable bonds is 3. The summed E-state index contributed by atoms with van der Waals surface area (Å²) >= 11 is 0. The predicted molar refractivity (Wildman–Crippen MR) is 100 cm³/mol. The van der Waals surface area contributed by atoms with Gasteiger partial charge in [0.15, 0.2) is 6.39 Å². The third-order valence-electron chi connectivity index (χ3n) is 5.65. The molecule has 0 N–H and O–H groups in total. The van der Waals surface area contributed by atoms with E-state index in [2.05, 4.69) is 14.8 Å². The average molecular weight is 372 g/mol. The van der Waals surface area contributed by atoms with E-state index in [1.54, 1.807) is 13.0 Å². The summed E-state index contributed by atoms with van der Waals surface area (Å²) in [6.07, 6.45) is 3.39. The van der Waals surface area contributed by atoms with Crippen LogP contribution in [0.2, 0.25) is 0 Å². The smallest absolute Gasteiger partial charge is 0.291 e. The Hall–Kier alpha value is -2.41. The van der Waals surface area contributed by atoms with Crippen molar-refractivity contribution in [1.29, 1.82) is 0 Å². The summed E-state index contributed by atoms with van der Waals surface area (Å²) in [6.45, 7) is 6.60. The van der Waals surface area contributed by atoms with Crippen molar-refractivity contribution in [2.45, 2.75) is 25.8 Å². The molecule has 2 fully saturated rings. The van der Waals surface area contributed by atoms with Gasteiger partial charge in [0.05, 0.1) is 11.4 Å². The number of amides is 1. The number of hydrogen-bond acceptors (Lipinski definition) is 5. The largest absolute Gasteiger partial charge is 0.438 e. The Kier molecular flexibility index (Phi) is 5.11. The monoisotopic (exact) mass is 372 g/mol. The predicted octanol–water partition coefficient (Wildman–Crippen LogP) is 2.55. The number of anilines is 1. The average Bonchev–Trinajstić information content (AvgIpc) is 3.14. The minimum Gasteiger partial charge on any atom is -0.438 e. The first-order valence-corrected chi connectivity index (χ1v) is 9.56. The van der Waals surface area contributed by atoms with Crippen LogP contribution in [0, 0.1) is 12.7 Å². The fourth-order valence-electron chi connectivity index (χ4n) is 4.12. The molecule has 2 saturated heterocycles. The summed E-state index contributed by atoms with van der Waals surface area (Å²) in [5.41, 5.74) is 1.32. The zero-order valence-corrected chi connectivity index (χ0v) is 15.6. The number of benzene rings is 1. The molecule has 7 heteroatoms. The first kappa shape index (κ1) is 18.0. The molecule has 0 bridgehead atoms. The van der Waals surface area contributed by atoms with Gasteiger partial charge in [-0.1, -0.05) is 12.1 Å². The van der Waals surface area contributed by atoms with Gasteiger partial charge in [0, 0.05) is 45.3 Å². The Morgan fingerprint density at radius 2 is 1.96 bits per heavy atom. The number of carbonyl (C=O) groups excluding carboxylic acids is 1. The Morgan fingerprint density at radius 3 is 2.67 bits per heavy atom. The second-order valence-corrected chi connectivity index (χ2v) is 7.29. The van der Waals surface area contributed by atoms with Crippen LogP contribution in [-0.2, 0) is 0 Å². The summed E-state index contributed by atoms with van der Waals surface area (Å²) in [7, 11) is 0. The second kappa shape index (κ2) is 7.68. The highest BCUT2D eigenvalue weighted by atomic mass is 19.1. The van der Waals surface area contributed by atoms with Gasteiger partial charge in [-0.3, -0.25) is 9.69 Å². The number of oxazole rings is 1. The lowest BCUT2D eigenvalue weighted by atomic mass is 10.0. The minimum atomic E-state index is -0.164. The lowest BCUT2D eigenvalue weighted by Crippen LogP contribution is -2.56. The molecular weight excluding hydrogens is 347 g/mol. The fourth-order valence-corrected chi connectivity index (χ4v) is 4.12. The van der Waals surface area contributed by atoms with E-state index in [9.17, 15) is 9.18 Å². The van der Waals surface area contributed by atoms with Crippen molar-refractivity contribution >= 4 is 11.6 Å². The topological polar surface area (TPSA) is 52.8 Å². The molecule has 6 nitrogen and oxygen atoms in total. The van der Waals surface area contributed by atoms with Gasteiger partial charge in [-0.15, -0.1) is 0 Å². The molecule has 0 unspecified atom stereocenters. The zero-order valence-electron chi connectivity index (χ0n) is 15.6. The summed E-state index contributed by atoms with van der Waals surface area (Å²) in [6, 6.07) is 7.29. The molecule has 2 aliphatic heterocycles. The van der Waals surface area contributed by atoms with Gasteiger partial charge in [-0.05, 0) is 31.9 Å². The lowest BCUT2D eigenvalue weighted by molar-refractivity contribution is 0.0534. The minimum absolute atomic E-state index is 0.0697. The van der Waals surface area contributed by atoms with E-state index >= 15 is 0 Å². The standard InChI is InChI=1S/C20H25FN4O2/c1-15-19(27-14-22-15)20(26)25-8-4-5-16(13-25)23-9-11-24(12-10-23)18-7-3-2-6-17(18)21/h2-3,6-7,14,16H,4-5,8-13H2,1H3/t16-/m1/s1. The highest BCUT2D eigenvalue weighted by molar-refractivity contribution is 5.92. The Balaban J connectivity index is 1.36. The molecule has 0 radical (unpaired) electrons. The Morgan fingerprint density at radius 1 is 1.19 bits per heavy atom. The SMILES string of the molecule is Cc1ncoc1C(=O)N1CCC[C@@H](N2CCN(c3ccccc3F)CC2)C1. The number of aryl methyl sites for hydroxylation is 1. The summed E-state index contributed by atoms with van der Waals surface area (Å²) in [5.74, 6) is 0.113. The van der Waals surface area contributed by atoms with Crippen LogP contribution in [0.4, 0.5) is 10.1 Å². The van der Waals surface area contributed by atoms with Crippen LogP contribution >= 0.6 is 0 Å². The van der Waals surface area contributed by atoms with Crippen molar-refractivity contribution in [2.75, 3.05) is 44.2 Å². The molecule has 2 aromatic rings. The molecule has 2 aliphatic rings. The van der Waals surface area contributed by atoms with Crippen LogP contribution < -0.4 is 4.90 Å². The van der Waals surface area contributed by atoms with E-state index in [0.29, 0.717) is 29.7 Å². The van der Waals surface area contributed by atoms with Crippen LogP contribution in [0.25, 0.3) is 0 Å². The number of likely N-dealkylation sites (tertiary alicyclic amines) is 1. The maximum absolute atomic E-state index is 14.0. The van der Waals surface area contributed by atoms with E-state index < -0.39 is 0 Å². The van der Waals surface area contributed by atoms with Gasteiger partial charge < -0.3 is 14.2 Å². The van der Waals surface area contributed by atoms with Gasteiger partial charge in [-0.25, -0.2) is 9.37 Å². The van der Waals surface area contributed by atoms with Crippen LogP contribution in [0.5, 0.6) is 0 Å². The Labute approximate surface area is 158 Å². The van der Waals surface area contributed by atoms with Crippen LogP contribution in [0.15, 0.2) is 35.1 Å². The molecule has 4 rings (SSSR count). The Bertz CT molecular complexity index is 801. The number of nitrogens with zero attached hydrogens (tertiary/aromatic N) is 4. The third kappa shape index (κ3) is 3.69. The number of halogens is 1. The first-order valence-electron chi connectivity index (χ1n) is 9.56. The summed E-state index contributed by atoms with van der Waals surface area (Å²) in [5, 5.41) is 0. The number of piperidine rings is 1. The molecule has 0 aliphatic carbocycles. The van der Waals surface area contributed by atoms with Gasteiger partial charge in [0.2, 0.25) is 5.76 Å². The van der Waals surface area contributed by atoms with E-state index in [4.69, 9.17) is 4.42 Å². The molecule has 1 atom stereocenters. The van der Waals surface area contributed by atoms with Crippen molar-refractivity contribution in [3.8, 4) is 0 Å². The fraction of sp³-hybridized carbons (Fsp3) is 0.500. The molecule has 1 amide bonds. The molecule has 0 spiro atoms. The van der Waals surface area contributed by atoms with E-state index in [0.717, 1.165) is 45.6 Å². The molecule has 1 aromatic carbocycles. The highest BCUT2D eigenvalue weighted by Gasteiger charge is 2.32. The van der Waals surface area contributed by atoms with Gasteiger partial charge in [0.25, 0.3) is 5.91 Å². The van der Waals surface area contributed by atoms with Crippen LogP contribution in [0.3, 0.4) is 0 Å². The van der Waals surface area contributed by atoms with Crippen LogP contribution in [-0.4, -0.2) is 66.0 Å². The van der Waals surface area contributed by atoms with E-state index in [1.165, 1.54) is 12.5 Å². The third-order valence-corrected chi connectivity index (χ3v) is 5.65. The molecular formula is C20H25FN4O2. The number of para-hydroxylation sites is 1. The van der Waals surface area contributed by atoms with Gasteiger partial charge in [-0.2, -0.15) is 0 Å². The van der Waals surface area contributed by atoms with Crippen LogP contribution in [0.1, 0.15) is 29.1 Å². The van der Waals surface area contributed by atoms with Crippen molar-refractivity contribution in [3.63, 3.8) is 0 Å². The number of piperazine rings is 1. The summed E-state index contributed by atoms with van der Waals surface area (Å²) in [4.78, 5) is 23.2. The van der Waals surface area contributed by atoms with Crippen molar-refractivity contribution in [1.82, 2.24) is 14.8 Å². The number of aromatic nitrogens is 1. The second-order valence-electron chi connectivity index (χ2n) is 7.29.